The van der Waals surface area contributed by atoms with E-state index in [4.69, 9.17) is 4.98 Å². The molecule has 1 saturated heterocycles. The van der Waals surface area contributed by atoms with Gasteiger partial charge in [0.2, 0.25) is 0 Å². The lowest BCUT2D eigenvalue weighted by Gasteiger charge is -2.36. The minimum absolute atomic E-state index is 0.308. The van der Waals surface area contributed by atoms with Crippen molar-refractivity contribution in [1.82, 2.24) is 19.7 Å². The molecule has 5 rings (SSSR count). The molecule has 6 nitrogen and oxygen atoms in total. The van der Waals surface area contributed by atoms with E-state index >= 15 is 0 Å². The zero-order chi connectivity index (χ0) is 19.4. The molecule has 0 saturated carbocycles. The molecule has 1 aliphatic rings. The fourth-order valence-corrected chi connectivity index (χ4v) is 4.22. The first-order valence-corrected chi connectivity index (χ1v) is 9.36. The van der Waals surface area contributed by atoms with Crippen LogP contribution in [-0.2, 0) is 0 Å². The van der Waals surface area contributed by atoms with Gasteiger partial charge in [-0.05, 0) is 50.2 Å². The molecule has 0 radical (unpaired) electrons. The number of nitrogens with zero attached hydrogens (tertiary/aromatic N) is 5. The van der Waals surface area contributed by atoms with Gasteiger partial charge >= 0.3 is 0 Å². The van der Waals surface area contributed by atoms with Crippen molar-refractivity contribution in [3.05, 3.63) is 47.9 Å². The number of anilines is 1. The van der Waals surface area contributed by atoms with E-state index in [-0.39, 0.29) is 5.82 Å². The summed E-state index contributed by atoms with van der Waals surface area (Å²) in [4.78, 5) is 11.7. The maximum Gasteiger partial charge on any atom is 0.166 e. The van der Waals surface area contributed by atoms with E-state index in [2.05, 4.69) is 35.1 Å². The first kappa shape index (κ1) is 16.9. The fourth-order valence-electron chi connectivity index (χ4n) is 4.22. The van der Waals surface area contributed by atoms with Crippen LogP contribution in [0.5, 0.6) is 0 Å². The average Bonchev–Trinajstić information content (AvgIpc) is 3.04. The van der Waals surface area contributed by atoms with Crippen LogP contribution >= 0.6 is 0 Å². The molecule has 0 amide bonds. The van der Waals surface area contributed by atoms with Crippen LogP contribution in [-0.4, -0.2) is 39.5 Å². The first-order chi connectivity index (χ1) is 13.5. The summed E-state index contributed by atoms with van der Waals surface area (Å²) in [6.45, 7) is 6.06. The number of hydrogen-bond acceptors (Lipinski definition) is 5. The van der Waals surface area contributed by atoms with Gasteiger partial charge in [0.1, 0.15) is 23.2 Å². The molecule has 1 N–H and O–H groups in total. The Morgan fingerprint density at radius 1 is 1.07 bits per heavy atom. The van der Waals surface area contributed by atoms with E-state index in [1.54, 1.807) is 12.1 Å². The van der Waals surface area contributed by atoms with Crippen molar-refractivity contribution in [2.75, 3.05) is 18.0 Å². The van der Waals surface area contributed by atoms with Crippen molar-refractivity contribution >= 4 is 33.4 Å². The quantitative estimate of drug-likeness (QED) is 0.554. The van der Waals surface area contributed by atoms with Gasteiger partial charge in [0.25, 0.3) is 0 Å². The van der Waals surface area contributed by atoms with Crippen LogP contribution < -0.4 is 10.2 Å². The highest BCUT2D eigenvalue weighted by Gasteiger charge is 2.23. The second kappa shape index (κ2) is 6.14. The maximum absolute atomic E-state index is 13.7. The van der Waals surface area contributed by atoms with E-state index in [1.807, 2.05) is 16.5 Å². The van der Waals surface area contributed by atoms with Crippen molar-refractivity contribution in [3.8, 4) is 6.07 Å². The Bertz CT molecular complexity index is 1260. The highest BCUT2D eigenvalue weighted by molar-refractivity contribution is 5.94. The van der Waals surface area contributed by atoms with Crippen molar-refractivity contribution < 1.29 is 4.39 Å². The summed E-state index contributed by atoms with van der Waals surface area (Å²) in [5.41, 5.74) is 3.08. The Labute approximate surface area is 161 Å². The van der Waals surface area contributed by atoms with Crippen molar-refractivity contribution in [1.29, 1.82) is 5.26 Å². The van der Waals surface area contributed by atoms with Crippen molar-refractivity contribution in [2.24, 2.45) is 0 Å². The third-order valence-corrected chi connectivity index (χ3v) is 5.28. The third kappa shape index (κ3) is 2.57. The number of rotatable bonds is 1. The number of fused-ring (bicyclic) bond motifs is 5. The molecule has 1 fully saturated rings. The van der Waals surface area contributed by atoms with E-state index < -0.39 is 0 Å². The summed E-state index contributed by atoms with van der Waals surface area (Å²) in [5.74, 6) is 0.570. The summed E-state index contributed by atoms with van der Waals surface area (Å²) in [6, 6.07) is 13.2. The Hall–Kier alpha value is -3.24. The van der Waals surface area contributed by atoms with Crippen LogP contribution in [0.3, 0.4) is 0 Å². The second-order valence-corrected chi connectivity index (χ2v) is 7.53. The zero-order valence-corrected chi connectivity index (χ0v) is 15.6. The number of benzene rings is 1. The SMILES string of the molecule is C[C@@H]1CN(c2ccc3nc(C#N)c4cc5cc(F)ccc5n4c3n2)C[C@H](C)N1. The zero-order valence-electron chi connectivity index (χ0n) is 15.6. The van der Waals surface area contributed by atoms with Gasteiger partial charge in [-0.1, -0.05) is 0 Å². The summed E-state index contributed by atoms with van der Waals surface area (Å²) in [5, 5.41) is 13.8. The number of nitrogens with one attached hydrogen (secondary N) is 1. The molecule has 7 heteroatoms. The van der Waals surface area contributed by atoms with Gasteiger partial charge in [-0.15, -0.1) is 0 Å². The molecule has 0 bridgehead atoms. The smallest absolute Gasteiger partial charge is 0.166 e. The molecule has 1 aromatic carbocycles. The Balaban J connectivity index is 1.79. The van der Waals surface area contributed by atoms with Gasteiger partial charge in [-0.2, -0.15) is 5.26 Å². The summed E-state index contributed by atoms with van der Waals surface area (Å²) < 4.78 is 15.6. The van der Waals surface area contributed by atoms with E-state index in [1.165, 1.54) is 12.1 Å². The largest absolute Gasteiger partial charge is 0.353 e. The molecular weight excluding hydrogens is 355 g/mol. The Morgan fingerprint density at radius 2 is 1.86 bits per heavy atom. The van der Waals surface area contributed by atoms with Gasteiger partial charge in [-0.25, -0.2) is 14.4 Å². The lowest BCUT2D eigenvalue weighted by molar-refractivity contribution is 0.405. The Kier molecular flexibility index (Phi) is 3.71. The van der Waals surface area contributed by atoms with Gasteiger partial charge in [0.15, 0.2) is 11.3 Å². The van der Waals surface area contributed by atoms with Crippen molar-refractivity contribution in [2.45, 2.75) is 25.9 Å². The molecule has 2 atom stereocenters. The van der Waals surface area contributed by atoms with Gasteiger partial charge < -0.3 is 10.2 Å². The monoisotopic (exact) mass is 374 g/mol. The highest BCUT2D eigenvalue weighted by Crippen LogP contribution is 2.28. The van der Waals surface area contributed by atoms with E-state index in [9.17, 15) is 9.65 Å². The number of pyridine rings is 1. The predicted molar refractivity (Wildman–Crippen MR) is 107 cm³/mol. The summed E-state index contributed by atoms with van der Waals surface area (Å²) in [6.07, 6.45) is 0. The van der Waals surface area contributed by atoms with Gasteiger partial charge in [0, 0.05) is 30.6 Å². The van der Waals surface area contributed by atoms with Crippen LogP contribution in [0.2, 0.25) is 0 Å². The number of nitriles is 1. The van der Waals surface area contributed by atoms with E-state index in [0.717, 1.165) is 29.8 Å². The predicted octanol–water partition coefficient (Wildman–Crippen LogP) is 3.23. The minimum Gasteiger partial charge on any atom is -0.353 e. The normalized spacial score (nSPS) is 20.1. The van der Waals surface area contributed by atoms with Crippen LogP contribution in [0.25, 0.3) is 27.6 Å². The number of piperazine rings is 1. The second-order valence-electron chi connectivity index (χ2n) is 7.53. The van der Waals surface area contributed by atoms with Crippen molar-refractivity contribution in [3.63, 3.8) is 0 Å². The van der Waals surface area contributed by atoms with Crippen LogP contribution in [0, 0.1) is 17.1 Å². The molecule has 1 aliphatic heterocycles. The average molecular weight is 374 g/mol. The third-order valence-electron chi connectivity index (χ3n) is 5.28. The van der Waals surface area contributed by atoms with E-state index in [0.29, 0.717) is 34.5 Å². The molecular formula is C21H19FN6. The standard InChI is InChI=1S/C21H19FN6/c1-12-10-27(11-13(2)24-12)20-6-4-16-21(26-20)28-18-5-3-15(22)7-14(18)8-19(28)17(9-23)25-16/h3-8,12-13,24H,10-11H2,1-2H3/t12-,13+. The summed E-state index contributed by atoms with van der Waals surface area (Å²) in [7, 11) is 0. The lowest BCUT2D eigenvalue weighted by atomic mass is 10.1. The molecule has 28 heavy (non-hydrogen) atoms. The van der Waals surface area contributed by atoms with Gasteiger partial charge in [-0.3, -0.25) is 4.40 Å². The topological polar surface area (TPSA) is 69.2 Å². The van der Waals surface area contributed by atoms with Crippen LogP contribution in [0.4, 0.5) is 10.2 Å². The summed E-state index contributed by atoms with van der Waals surface area (Å²) >= 11 is 0. The van der Waals surface area contributed by atoms with Crippen LogP contribution in [0.15, 0.2) is 36.4 Å². The lowest BCUT2D eigenvalue weighted by Crippen LogP contribution is -2.54. The molecule has 3 aromatic heterocycles. The highest BCUT2D eigenvalue weighted by atomic mass is 19.1. The minimum atomic E-state index is -0.309. The van der Waals surface area contributed by atoms with Crippen LogP contribution in [0.1, 0.15) is 19.5 Å². The number of hydrogen-bond donors (Lipinski definition) is 1. The number of halogens is 1. The Morgan fingerprint density at radius 3 is 2.61 bits per heavy atom. The van der Waals surface area contributed by atoms with Gasteiger partial charge in [0.05, 0.1) is 11.0 Å². The fraction of sp³-hybridized carbons (Fsp3) is 0.286. The molecule has 0 spiro atoms. The molecule has 0 unspecified atom stereocenters. The molecule has 4 heterocycles. The molecule has 0 aliphatic carbocycles. The molecule has 140 valence electrons. The molecule has 4 aromatic rings. The number of aromatic nitrogens is 3. The first-order valence-electron chi connectivity index (χ1n) is 9.36. The maximum atomic E-state index is 13.7.